The zero-order valence-corrected chi connectivity index (χ0v) is 18.8. The molecule has 2 aromatic carbocycles. The van der Waals surface area contributed by atoms with Gasteiger partial charge >= 0.3 is 0 Å². The first-order valence-electron chi connectivity index (χ1n) is 9.85. The molecular formula is C22H22Cl2N4OS. The van der Waals surface area contributed by atoms with E-state index in [1.54, 1.807) is 12.1 Å². The molecule has 8 heteroatoms. The number of rotatable bonds is 8. The number of thioether (sulfide) groups is 1. The van der Waals surface area contributed by atoms with Crippen LogP contribution in [0.25, 0.3) is 0 Å². The minimum Gasteiger partial charge on any atom is -0.349 e. The summed E-state index contributed by atoms with van der Waals surface area (Å²) >= 11 is 13.6. The number of halogens is 2. The molecule has 1 N–H and O–H groups in total. The SMILES string of the molecule is C[C@@H](NC(=O)CSc1nnc(C2CC2)n1Cc1ccccc1)c1ccc(Cl)cc1Cl. The second-order valence-electron chi connectivity index (χ2n) is 7.43. The fourth-order valence-electron chi connectivity index (χ4n) is 3.31. The third-order valence-corrected chi connectivity index (χ3v) is 6.54. The van der Waals surface area contributed by atoms with Crippen LogP contribution in [0, 0.1) is 0 Å². The van der Waals surface area contributed by atoms with Crippen molar-refractivity contribution < 1.29 is 4.79 Å². The number of aromatic nitrogens is 3. The highest BCUT2D eigenvalue weighted by Crippen LogP contribution is 2.40. The minimum absolute atomic E-state index is 0.0826. The number of hydrogen-bond donors (Lipinski definition) is 1. The normalized spacial score (nSPS) is 14.5. The number of carbonyl (C=O) groups is 1. The fourth-order valence-corrected chi connectivity index (χ4v) is 4.64. The van der Waals surface area contributed by atoms with E-state index in [2.05, 4.69) is 32.2 Å². The van der Waals surface area contributed by atoms with Crippen LogP contribution in [0.2, 0.25) is 10.0 Å². The lowest BCUT2D eigenvalue weighted by Crippen LogP contribution is -2.28. The summed E-state index contributed by atoms with van der Waals surface area (Å²) in [6.07, 6.45) is 2.30. The molecular weight excluding hydrogens is 439 g/mol. The number of nitrogens with zero attached hydrogens (tertiary/aromatic N) is 3. The van der Waals surface area contributed by atoms with E-state index in [-0.39, 0.29) is 17.7 Å². The van der Waals surface area contributed by atoms with Crippen molar-refractivity contribution in [1.29, 1.82) is 0 Å². The Kier molecular flexibility index (Phi) is 6.66. The highest BCUT2D eigenvalue weighted by molar-refractivity contribution is 7.99. The van der Waals surface area contributed by atoms with E-state index in [4.69, 9.17) is 23.2 Å². The molecule has 0 spiro atoms. The van der Waals surface area contributed by atoms with Gasteiger partial charge in [0.2, 0.25) is 5.91 Å². The quantitative estimate of drug-likeness (QED) is 0.452. The van der Waals surface area contributed by atoms with Crippen molar-refractivity contribution in [3.63, 3.8) is 0 Å². The highest BCUT2D eigenvalue weighted by atomic mass is 35.5. The summed E-state index contributed by atoms with van der Waals surface area (Å²) in [6, 6.07) is 15.3. The van der Waals surface area contributed by atoms with Crippen molar-refractivity contribution in [3.8, 4) is 0 Å². The summed E-state index contributed by atoms with van der Waals surface area (Å²) in [5.41, 5.74) is 2.03. The van der Waals surface area contributed by atoms with E-state index < -0.39 is 0 Å². The van der Waals surface area contributed by atoms with Crippen LogP contribution in [0.4, 0.5) is 0 Å². The lowest BCUT2D eigenvalue weighted by Gasteiger charge is -2.16. The van der Waals surface area contributed by atoms with Crippen LogP contribution in [-0.4, -0.2) is 26.4 Å². The summed E-state index contributed by atoms with van der Waals surface area (Å²) < 4.78 is 2.14. The molecule has 0 bridgehead atoms. The van der Waals surface area contributed by atoms with Gasteiger partial charge in [0.25, 0.3) is 0 Å². The second-order valence-corrected chi connectivity index (χ2v) is 9.22. The number of amides is 1. The Morgan fingerprint density at radius 3 is 2.67 bits per heavy atom. The van der Waals surface area contributed by atoms with Gasteiger partial charge in [-0.15, -0.1) is 10.2 Å². The van der Waals surface area contributed by atoms with Gasteiger partial charge in [0.1, 0.15) is 5.82 Å². The molecule has 4 rings (SSSR count). The molecule has 1 fully saturated rings. The van der Waals surface area contributed by atoms with Gasteiger partial charge in [-0.25, -0.2) is 0 Å². The monoisotopic (exact) mass is 460 g/mol. The Bertz CT molecular complexity index is 1040. The van der Waals surface area contributed by atoms with Crippen LogP contribution in [0.15, 0.2) is 53.7 Å². The van der Waals surface area contributed by atoms with Crippen LogP contribution in [0.5, 0.6) is 0 Å². The maximum absolute atomic E-state index is 12.5. The number of nitrogens with one attached hydrogen (secondary N) is 1. The van der Waals surface area contributed by atoms with Crippen molar-refractivity contribution in [2.75, 3.05) is 5.75 Å². The van der Waals surface area contributed by atoms with Crippen LogP contribution in [0.1, 0.15) is 48.7 Å². The lowest BCUT2D eigenvalue weighted by molar-refractivity contribution is -0.119. The molecule has 1 aromatic heterocycles. The molecule has 1 saturated carbocycles. The zero-order valence-electron chi connectivity index (χ0n) is 16.5. The molecule has 1 aliphatic rings. The first kappa shape index (κ1) is 21.2. The predicted molar refractivity (Wildman–Crippen MR) is 121 cm³/mol. The number of benzene rings is 2. The summed E-state index contributed by atoms with van der Waals surface area (Å²) in [5.74, 6) is 1.67. The van der Waals surface area contributed by atoms with E-state index in [0.717, 1.165) is 29.4 Å². The van der Waals surface area contributed by atoms with Gasteiger partial charge in [-0.2, -0.15) is 0 Å². The maximum atomic E-state index is 12.5. The van der Waals surface area contributed by atoms with Crippen molar-refractivity contribution in [2.45, 2.75) is 43.4 Å². The molecule has 3 aromatic rings. The average molecular weight is 461 g/mol. The molecule has 1 amide bonds. The predicted octanol–water partition coefficient (Wildman–Crippen LogP) is 5.48. The van der Waals surface area contributed by atoms with E-state index in [0.29, 0.717) is 22.5 Å². The highest BCUT2D eigenvalue weighted by Gasteiger charge is 2.30. The van der Waals surface area contributed by atoms with E-state index in [1.807, 2.05) is 31.2 Å². The Morgan fingerprint density at radius 1 is 1.20 bits per heavy atom. The molecule has 0 saturated heterocycles. The van der Waals surface area contributed by atoms with Crippen LogP contribution < -0.4 is 5.32 Å². The molecule has 0 unspecified atom stereocenters. The van der Waals surface area contributed by atoms with Gasteiger partial charge < -0.3 is 9.88 Å². The van der Waals surface area contributed by atoms with Crippen molar-refractivity contribution in [3.05, 3.63) is 75.5 Å². The van der Waals surface area contributed by atoms with Gasteiger partial charge in [-0.1, -0.05) is 71.4 Å². The van der Waals surface area contributed by atoms with Gasteiger partial charge in [0.05, 0.1) is 18.3 Å². The Labute approximate surface area is 190 Å². The van der Waals surface area contributed by atoms with Gasteiger partial charge in [0, 0.05) is 16.0 Å². The molecule has 156 valence electrons. The summed E-state index contributed by atoms with van der Waals surface area (Å²) in [4.78, 5) is 12.5. The Balaban J connectivity index is 1.41. The first-order chi connectivity index (χ1) is 14.5. The average Bonchev–Trinajstić information content (AvgIpc) is 3.49. The number of carbonyl (C=O) groups excluding carboxylic acids is 1. The first-order valence-corrected chi connectivity index (χ1v) is 11.6. The van der Waals surface area contributed by atoms with Gasteiger partial charge in [-0.05, 0) is 43.0 Å². The minimum atomic E-state index is -0.216. The molecule has 1 aliphatic carbocycles. The summed E-state index contributed by atoms with van der Waals surface area (Å²) in [5, 5.41) is 13.7. The Morgan fingerprint density at radius 2 is 1.97 bits per heavy atom. The van der Waals surface area contributed by atoms with Crippen molar-refractivity contribution in [2.24, 2.45) is 0 Å². The van der Waals surface area contributed by atoms with Crippen LogP contribution >= 0.6 is 35.0 Å². The molecule has 1 heterocycles. The van der Waals surface area contributed by atoms with Crippen LogP contribution in [0.3, 0.4) is 0 Å². The second kappa shape index (κ2) is 9.41. The van der Waals surface area contributed by atoms with Gasteiger partial charge in [0.15, 0.2) is 5.16 Å². The molecule has 0 aliphatic heterocycles. The third-order valence-electron chi connectivity index (χ3n) is 5.01. The standard InChI is InChI=1S/C22H22Cl2N4OS/c1-14(18-10-9-17(23)11-19(18)24)25-20(29)13-30-22-27-26-21(16-7-8-16)28(22)12-15-5-3-2-4-6-15/h2-6,9-11,14,16H,7-8,12-13H2,1H3,(H,25,29)/t14-/m1/s1. The smallest absolute Gasteiger partial charge is 0.230 e. The summed E-state index contributed by atoms with van der Waals surface area (Å²) in [7, 11) is 0. The number of hydrogen-bond acceptors (Lipinski definition) is 4. The molecule has 5 nitrogen and oxygen atoms in total. The van der Waals surface area contributed by atoms with Crippen molar-refractivity contribution in [1.82, 2.24) is 20.1 Å². The third kappa shape index (κ3) is 5.17. The topological polar surface area (TPSA) is 59.8 Å². The fraction of sp³-hybridized carbons (Fsp3) is 0.318. The largest absolute Gasteiger partial charge is 0.349 e. The lowest BCUT2D eigenvalue weighted by atomic mass is 10.1. The van der Waals surface area contributed by atoms with Crippen LogP contribution in [-0.2, 0) is 11.3 Å². The van der Waals surface area contributed by atoms with Gasteiger partial charge in [-0.3, -0.25) is 4.79 Å². The maximum Gasteiger partial charge on any atom is 0.230 e. The summed E-state index contributed by atoms with van der Waals surface area (Å²) in [6.45, 7) is 2.61. The zero-order chi connectivity index (χ0) is 21.1. The molecule has 0 radical (unpaired) electrons. The van der Waals surface area contributed by atoms with E-state index in [9.17, 15) is 4.79 Å². The van der Waals surface area contributed by atoms with Crippen molar-refractivity contribution >= 4 is 40.9 Å². The molecule has 1 atom stereocenters. The Hall–Kier alpha value is -2.02. The van der Waals surface area contributed by atoms with E-state index in [1.165, 1.54) is 17.3 Å². The molecule has 30 heavy (non-hydrogen) atoms. The van der Waals surface area contributed by atoms with E-state index >= 15 is 0 Å².